The average Bonchev–Trinajstić information content (AvgIpc) is 2.31. The molecule has 17 heavy (non-hydrogen) atoms. The van der Waals surface area contributed by atoms with Gasteiger partial charge in [0, 0.05) is 6.54 Å². The fraction of sp³-hybridized carbons (Fsp3) is 0.833. The number of ether oxygens (including phenoxy) is 1. The van der Waals surface area contributed by atoms with E-state index in [4.69, 9.17) is 0 Å². The van der Waals surface area contributed by atoms with Gasteiger partial charge >= 0.3 is 12.0 Å². The van der Waals surface area contributed by atoms with Crippen LogP contribution < -0.4 is 10.6 Å². The Bertz CT molecular complexity index is 254. The Morgan fingerprint density at radius 3 is 2.24 bits per heavy atom. The lowest BCUT2D eigenvalue weighted by atomic mass is 9.99. The minimum absolute atomic E-state index is 0.0484. The number of hydrogen-bond acceptors (Lipinski definition) is 3. The second-order valence-corrected chi connectivity index (χ2v) is 4.63. The molecule has 0 fully saturated rings. The van der Waals surface area contributed by atoms with Crippen LogP contribution in [0.15, 0.2) is 0 Å². The van der Waals surface area contributed by atoms with Crippen molar-refractivity contribution in [3.63, 3.8) is 0 Å². The van der Waals surface area contributed by atoms with Crippen molar-refractivity contribution in [2.45, 2.75) is 40.2 Å². The van der Waals surface area contributed by atoms with E-state index in [-0.39, 0.29) is 11.9 Å². The molecule has 5 nitrogen and oxygen atoms in total. The van der Waals surface area contributed by atoms with E-state index in [0.29, 0.717) is 12.5 Å². The van der Waals surface area contributed by atoms with Gasteiger partial charge in [0.15, 0.2) is 0 Å². The number of carbonyl (C=O) groups is 2. The van der Waals surface area contributed by atoms with Crippen LogP contribution in [0.4, 0.5) is 4.79 Å². The second-order valence-electron chi connectivity index (χ2n) is 4.63. The van der Waals surface area contributed by atoms with Crippen molar-refractivity contribution in [2.24, 2.45) is 11.8 Å². The Morgan fingerprint density at radius 2 is 1.82 bits per heavy atom. The Labute approximate surface area is 103 Å². The molecule has 0 spiro atoms. The first kappa shape index (κ1) is 15.7. The molecule has 0 aliphatic carbocycles. The first-order valence-corrected chi connectivity index (χ1v) is 6.04. The highest BCUT2D eigenvalue weighted by molar-refractivity contribution is 5.83. The third kappa shape index (κ3) is 6.14. The summed E-state index contributed by atoms with van der Waals surface area (Å²) in [5.41, 5.74) is 0. The van der Waals surface area contributed by atoms with Gasteiger partial charge in [0.2, 0.25) is 0 Å². The minimum atomic E-state index is -0.586. The molecule has 0 saturated carbocycles. The molecule has 0 aromatic heterocycles. The van der Waals surface area contributed by atoms with Crippen LogP contribution in [0.3, 0.4) is 0 Å². The summed E-state index contributed by atoms with van der Waals surface area (Å²) in [7, 11) is 1.32. The molecule has 0 unspecified atom stereocenters. The monoisotopic (exact) mass is 244 g/mol. The van der Waals surface area contributed by atoms with Crippen LogP contribution in [0.1, 0.15) is 34.1 Å². The number of carbonyl (C=O) groups excluding carboxylic acids is 2. The van der Waals surface area contributed by atoms with Crippen molar-refractivity contribution >= 4 is 12.0 Å². The quantitative estimate of drug-likeness (QED) is 0.696. The maximum Gasteiger partial charge on any atom is 0.328 e. The van der Waals surface area contributed by atoms with E-state index in [1.807, 2.05) is 27.7 Å². The van der Waals surface area contributed by atoms with Crippen molar-refractivity contribution in [1.82, 2.24) is 10.6 Å². The summed E-state index contributed by atoms with van der Waals surface area (Å²) in [6.07, 6.45) is 0.796. The van der Waals surface area contributed by atoms with Crippen LogP contribution in [0.25, 0.3) is 0 Å². The molecule has 0 aliphatic rings. The molecule has 100 valence electrons. The zero-order valence-electron chi connectivity index (χ0n) is 11.4. The topological polar surface area (TPSA) is 67.4 Å². The zero-order valence-corrected chi connectivity index (χ0v) is 11.4. The molecule has 0 radical (unpaired) electrons. The van der Waals surface area contributed by atoms with Crippen LogP contribution in [0.5, 0.6) is 0 Å². The first-order valence-electron chi connectivity index (χ1n) is 6.04. The molecule has 2 N–H and O–H groups in total. The summed E-state index contributed by atoms with van der Waals surface area (Å²) >= 11 is 0. The van der Waals surface area contributed by atoms with Crippen molar-refractivity contribution < 1.29 is 14.3 Å². The van der Waals surface area contributed by atoms with Gasteiger partial charge in [0.1, 0.15) is 6.04 Å². The van der Waals surface area contributed by atoms with E-state index >= 15 is 0 Å². The smallest absolute Gasteiger partial charge is 0.328 e. The van der Waals surface area contributed by atoms with Gasteiger partial charge in [-0.25, -0.2) is 9.59 Å². The van der Waals surface area contributed by atoms with Gasteiger partial charge in [0.05, 0.1) is 7.11 Å². The van der Waals surface area contributed by atoms with Crippen LogP contribution in [-0.4, -0.2) is 31.7 Å². The Kier molecular flexibility index (Phi) is 7.34. The maximum atomic E-state index is 11.6. The van der Waals surface area contributed by atoms with Crippen molar-refractivity contribution in [3.05, 3.63) is 0 Å². The number of nitrogens with one attached hydrogen (secondary N) is 2. The molecule has 2 amide bonds. The normalized spacial score (nSPS) is 14.0. The third-order valence-corrected chi connectivity index (χ3v) is 2.63. The highest BCUT2D eigenvalue weighted by Crippen LogP contribution is 2.08. The van der Waals surface area contributed by atoms with E-state index in [0.717, 1.165) is 6.42 Å². The fourth-order valence-corrected chi connectivity index (χ4v) is 1.29. The molecule has 0 bridgehead atoms. The summed E-state index contributed by atoms with van der Waals surface area (Å²) in [5.74, 6) is 0.0206. The van der Waals surface area contributed by atoms with Crippen molar-refractivity contribution in [1.29, 1.82) is 0 Å². The van der Waals surface area contributed by atoms with Crippen LogP contribution >= 0.6 is 0 Å². The highest BCUT2D eigenvalue weighted by Gasteiger charge is 2.26. The number of methoxy groups -OCH3 is 1. The van der Waals surface area contributed by atoms with Crippen molar-refractivity contribution in [2.75, 3.05) is 13.7 Å². The van der Waals surface area contributed by atoms with Crippen molar-refractivity contribution in [3.8, 4) is 0 Å². The van der Waals surface area contributed by atoms with E-state index in [9.17, 15) is 9.59 Å². The lowest BCUT2D eigenvalue weighted by Gasteiger charge is -2.22. The average molecular weight is 244 g/mol. The molecule has 0 rings (SSSR count). The molecule has 0 aromatic rings. The largest absolute Gasteiger partial charge is 0.467 e. The SMILES string of the molecule is CC[C@H](C)[C@H](NC(=O)NCC(C)C)C(=O)OC. The van der Waals surface area contributed by atoms with Gasteiger partial charge in [-0.1, -0.05) is 34.1 Å². The standard InChI is InChI=1S/C12H24N2O3/c1-6-9(4)10(11(15)17-5)14-12(16)13-7-8(2)3/h8-10H,6-7H2,1-5H3,(H2,13,14,16)/t9-,10-/m0/s1. The summed E-state index contributed by atoms with van der Waals surface area (Å²) in [5, 5.41) is 5.36. The van der Waals surface area contributed by atoms with Gasteiger partial charge < -0.3 is 15.4 Å². The molecule has 2 atom stereocenters. The lowest BCUT2D eigenvalue weighted by molar-refractivity contribution is -0.144. The van der Waals surface area contributed by atoms with Crippen LogP contribution in [-0.2, 0) is 9.53 Å². The zero-order chi connectivity index (χ0) is 13.4. The van der Waals surface area contributed by atoms with Crippen LogP contribution in [0.2, 0.25) is 0 Å². The van der Waals surface area contributed by atoms with E-state index in [1.165, 1.54) is 7.11 Å². The molecule has 0 heterocycles. The predicted octanol–water partition coefficient (Wildman–Crippen LogP) is 1.53. The van der Waals surface area contributed by atoms with Gasteiger partial charge in [-0.15, -0.1) is 0 Å². The number of urea groups is 1. The van der Waals surface area contributed by atoms with E-state index in [2.05, 4.69) is 15.4 Å². The Morgan fingerprint density at radius 1 is 1.24 bits per heavy atom. The summed E-state index contributed by atoms with van der Waals surface area (Å²) in [6, 6.07) is -0.911. The van der Waals surface area contributed by atoms with Gasteiger partial charge in [-0.2, -0.15) is 0 Å². The summed E-state index contributed by atoms with van der Waals surface area (Å²) in [6.45, 7) is 8.47. The summed E-state index contributed by atoms with van der Waals surface area (Å²) < 4.78 is 4.68. The molecular weight excluding hydrogens is 220 g/mol. The molecule has 0 aromatic carbocycles. The molecule has 5 heteroatoms. The number of hydrogen-bond donors (Lipinski definition) is 2. The number of rotatable bonds is 6. The number of amides is 2. The lowest BCUT2D eigenvalue weighted by Crippen LogP contribution is -2.50. The van der Waals surface area contributed by atoms with Gasteiger partial charge in [-0.3, -0.25) is 0 Å². The predicted molar refractivity (Wildman–Crippen MR) is 66.6 cm³/mol. The fourth-order valence-electron chi connectivity index (χ4n) is 1.29. The van der Waals surface area contributed by atoms with Gasteiger partial charge in [-0.05, 0) is 11.8 Å². The second kappa shape index (κ2) is 7.92. The molecular formula is C12H24N2O3. The van der Waals surface area contributed by atoms with Gasteiger partial charge in [0.25, 0.3) is 0 Å². The third-order valence-electron chi connectivity index (χ3n) is 2.63. The Hall–Kier alpha value is -1.26. The highest BCUT2D eigenvalue weighted by atomic mass is 16.5. The van der Waals surface area contributed by atoms with E-state index < -0.39 is 12.0 Å². The molecule has 0 aliphatic heterocycles. The Balaban J connectivity index is 4.33. The molecule has 0 saturated heterocycles. The number of esters is 1. The van der Waals surface area contributed by atoms with Crippen LogP contribution in [0, 0.1) is 11.8 Å². The maximum absolute atomic E-state index is 11.6. The summed E-state index contributed by atoms with van der Waals surface area (Å²) in [4.78, 5) is 23.1. The minimum Gasteiger partial charge on any atom is -0.467 e. The van der Waals surface area contributed by atoms with E-state index in [1.54, 1.807) is 0 Å². The first-order chi connectivity index (χ1) is 7.92.